The predicted octanol–water partition coefficient (Wildman–Crippen LogP) is 7.31. The van der Waals surface area contributed by atoms with Crippen LogP contribution in [-0.2, 0) is 0 Å². The van der Waals surface area contributed by atoms with Crippen molar-refractivity contribution in [3.63, 3.8) is 0 Å². The smallest absolute Gasteiger partial charge is 0.185 e. The summed E-state index contributed by atoms with van der Waals surface area (Å²) in [7, 11) is 0. The summed E-state index contributed by atoms with van der Waals surface area (Å²) in [5.41, 5.74) is 2.07. The third kappa shape index (κ3) is 3.28. The molecular formula is C33H21Cl2NO3. The molecule has 1 aliphatic carbocycles. The first kappa shape index (κ1) is 24.1. The lowest BCUT2D eigenvalue weighted by atomic mass is 9.64. The minimum Gasteiger partial charge on any atom is -0.352 e. The largest absolute Gasteiger partial charge is 0.352 e. The third-order valence-electron chi connectivity index (χ3n) is 8.32. The lowest BCUT2D eigenvalue weighted by Crippen LogP contribution is -2.48. The fourth-order valence-electron chi connectivity index (χ4n) is 6.78. The molecule has 0 N–H and O–H groups in total. The first-order chi connectivity index (χ1) is 18.9. The number of ketones is 3. The van der Waals surface area contributed by atoms with E-state index in [9.17, 15) is 14.4 Å². The second-order valence-electron chi connectivity index (χ2n) is 10.2. The molecular weight excluding hydrogens is 529 g/mol. The van der Waals surface area contributed by atoms with Gasteiger partial charge in [0.15, 0.2) is 17.3 Å². The molecule has 1 fully saturated rings. The number of anilines is 1. The second kappa shape index (κ2) is 8.77. The van der Waals surface area contributed by atoms with Crippen molar-refractivity contribution < 1.29 is 14.4 Å². The zero-order valence-corrected chi connectivity index (χ0v) is 22.1. The van der Waals surface area contributed by atoms with Gasteiger partial charge in [-0.3, -0.25) is 14.4 Å². The number of halogens is 2. The average Bonchev–Trinajstić information content (AvgIpc) is 3.39. The Bertz CT molecular complexity index is 1690. The van der Waals surface area contributed by atoms with Gasteiger partial charge in [0.2, 0.25) is 0 Å². The van der Waals surface area contributed by atoms with Crippen molar-refractivity contribution in [3.05, 3.63) is 141 Å². The van der Waals surface area contributed by atoms with E-state index in [2.05, 4.69) is 0 Å². The Labute approximate surface area is 235 Å². The summed E-state index contributed by atoms with van der Waals surface area (Å²) >= 11 is 12.6. The molecule has 0 amide bonds. The van der Waals surface area contributed by atoms with E-state index < -0.39 is 23.4 Å². The Morgan fingerprint density at radius 1 is 0.744 bits per heavy atom. The molecule has 0 bridgehead atoms. The monoisotopic (exact) mass is 549 g/mol. The number of carbonyl (C=O) groups is 3. The molecule has 0 aromatic heterocycles. The lowest BCUT2D eigenvalue weighted by Gasteiger charge is -2.37. The highest BCUT2D eigenvalue weighted by atomic mass is 35.5. The van der Waals surface area contributed by atoms with E-state index in [0.29, 0.717) is 32.3 Å². The molecule has 0 unspecified atom stereocenters. The molecule has 4 nitrogen and oxygen atoms in total. The molecule has 3 atom stereocenters. The van der Waals surface area contributed by atoms with Gasteiger partial charge in [-0.25, -0.2) is 0 Å². The van der Waals surface area contributed by atoms with Gasteiger partial charge in [0.25, 0.3) is 0 Å². The Kier molecular flexibility index (Phi) is 5.41. The number of rotatable bonds is 3. The van der Waals surface area contributed by atoms with Crippen LogP contribution in [0.2, 0.25) is 10.0 Å². The van der Waals surface area contributed by atoms with E-state index in [4.69, 9.17) is 23.2 Å². The van der Waals surface area contributed by atoms with E-state index in [1.807, 2.05) is 47.4 Å². The molecule has 0 saturated carbocycles. The van der Waals surface area contributed by atoms with Gasteiger partial charge >= 0.3 is 0 Å². The third-order valence-corrected chi connectivity index (χ3v) is 8.81. The van der Waals surface area contributed by atoms with Crippen LogP contribution in [0.1, 0.15) is 48.1 Å². The molecule has 2 heterocycles. The van der Waals surface area contributed by atoms with Gasteiger partial charge < -0.3 is 4.90 Å². The minimum absolute atomic E-state index is 0.194. The zero-order valence-electron chi connectivity index (χ0n) is 20.6. The van der Waals surface area contributed by atoms with Gasteiger partial charge in [0, 0.05) is 38.3 Å². The first-order valence-electron chi connectivity index (χ1n) is 12.7. The number of para-hydroxylation sites is 1. The molecule has 39 heavy (non-hydrogen) atoms. The maximum absolute atomic E-state index is 14.6. The van der Waals surface area contributed by atoms with Crippen molar-refractivity contribution in [2.75, 3.05) is 4.90 Å². The van der Waals surface area contributed by atoms with Crippen molar-refractivity contribution in [2.45, 2.75) is 18.0 Å². The summed E-state index contributed by atoms with van der Waals surface area (Å²) in [6, 6.07) is 27.1. The second-order valence-corrected chi connectivity index (χ2v) is 11.1. The number of benzene rings is 4. The maximum Gasteiger partial charge on any atom is 0.185 e. The van der Waals surface area contributed by atoms with Gasteiger partial charge in [-0.1, -0.05) is 90.0 Å². The normalized spacial score (nSPS) is 22.1. The van der Waals surface area contributed by atoms with Crippen LogP contribution in [-0.4, -0.2) is 29.4 Å². The fraction of sp³-hybridized carbons (Fsp3) is 0.121. The van der Waals surface area contributed by atoms with Gasteiger partial charge in [-0.15, -0.1) is 0 Å². The topological polar surface area (TPSA) is 54.5 Å². The molecule has 2 aliphatic heterocycles. The summed E-state index contributed by atoms with van der Waals surface area (Å²) in [6.45, 7) is 0. The van der Waals surface area contributed by atoms with Gasteiger partial charge in [-0.05, 0) is 53.6 Å². The molecule has 3 aliphatic rings. The Morgan fingerprint density at radius 3 is 2.10 bits per heavy atom. The van der Waals surface area contributed by atoms with Crippen LogP contribution in [0.4, 0.5) is 5.69 Å². The molecule has 4 aromatic rings. The van der Waals surface area contributed by atoms with Crippen LogP contribution in [0.15, 0.2) is 103 Å². The Hall–Kier alpha value is -3.99. The maximum atomic E-state index is 14.6. The fourth-order valence-corrected chi connectivity index (χ4v) is 7.10. The minimum atomic E-state index is -1.55. The SMILES string of the molecule is O=C(c1ccc(Cl)cc1)[C@H]1[C@H](c2cccc(Cl)c2)C2(C(=O)c3ccccc3C2=O)[C@H]2C=Cc3ccccc3N12. The van der Waals surface area contributed by atoms with Gasteiger partial charge in [-0.2, -0.15) is 0 Å². The molecule has 6 heteroatoms. The average molecular weight is 550 g/mol. The van der Waals surface area contributed by atoms with E-state index >= 15 is 0 Å². The van der Waals surface area contributed by atoms with Crippen LogP contribution in [0.3, 0.4) is 0 Å². The molecule has 4 aromatic carbocycles. The van der Waals surface area contributed by atoms with Crippen molar-refractivity contribution in [1.82, 2.24) is 0 Å². The van der Waals surface area contributed by atoms with Crippen molar-refractivity contribution in [2.24, 2.45) is 5.41 Å². The van der Waals surface area contributed by atoms with Crippen molar-refractivity contribution >= 4 is 52.3 Å². The van der Waals surface area contributed by atoms with E-state index in [0.717, 1.165) is 11.3 Å². The van der Waals surface area contributed by atoms with Crippen LogP contribution in [0.5, 0.6) is 0 Å². The molecule has 190 valence electrons. The number of Topliss-reactive ketones (excluding diaryl/α,β-unsaturated/α-hetero) is 3. The molecule has 1 saturated heterocycles. The van der Waals surface area contributed by atoms with Crippen LogP contribution >= 0.6 is 23.2 Å². The highest BCUT2D eigenvalue weighted by Gasteiger charge is 2.71. The van der Waals surface area contributed by atoms with Crippen LogP contribution in [0, 0.1) is 5.41 Å². The summed E-state index contributed by atoms with van der Waals surface area (Å²) in [5.74, 6) is -1.52. The number of hydrogen-bond donors (Lipinski definition) is 0. The van der Waals surface area contributed by atoms with Crippen LogP contribution in [0.25, 0.3) is 6.08 Å². The Morgan fingerprint density at radius 2 is 1.41 bits per heavy atom. The first-order valence-corrected chi connectivity index (χ1v) is 13.5. The molecule has 0 radical (unpaired) electrons. The van der Waals surface area contributed by atoms with E-state index in [-0.39, 0.29) is 17.3 Å². The van der Waals surface area contributed by atoms with E-state index in [1.54, 1.807) is 66.7 Å². The van der Waals surface area contributed by atoms with E-state index in [1.165, 1.54) is 0 Å². The zero-order chi connectivity index (χ0) is 26.9. The highest BCUT2D eigenvalue weighted by Crippen LogP contribution is 2.61. The van der Waals surface area contributed by atoms with Crippen LogP contribution < -0.4 is 4.90 Å². The molecule has 1 spiro atoms. The quantitative estimate of drug-likeness (QED) is 0.198. The Balaban J connectivity index is 1.55. The van der Waals surface area contributed by atoms with Gasteiger partial charge in [0.1, 0.15) is 11.5 Å². The summed E-state index contributed by atoms with van der Waals surface area (Å²) < 4.78 is 0. The molecule has 7 rings (SSSR count). The number of carbonyl (C=O) groups excluding carboxylic acids is 3. The summed E-state index contributed by atoms with van der Waals surface area (Å²) in [5, 5.41) is 0.984. The summed E-state index contributed by atoms with van der Waals surface area (Å²) in [4.78, 5) is 45.7. The standard InChI is InChI=1S/C33H21Cl2NO3/c34-22-15-12-20(13-16-22)30(37)29-28(21-7-5-8-23(35)18-21)33(31(38)24-9-2-3-10-25(24)32(33)39)27-17-14-19-6-1-4-11-26(19)36(27)29/h1-18,27-29H/t27-,28+,29-/m1/s1. The highest BCUT2D eigenvalue weighted by molar-refractivity contribution is 6.33. The van der Waals surface area contributed by atoms with Crippen molar-refractivity contribution in [1.29, 1.82) is 0 Å². The number of fused-ring (bicyclic) bond motifs is 5. The number of nitrogens with zero attached hydrogens (tertiary/aromatic N) is 1. The summed E-state index contributed by atoms with van der Waals surface area (Å²) in [6.07, 6.45) is 3.86. The number of hydrogen-bond acceptors (Lipinski definition) is 4. The predicted molar refractivity (Wildman–Crippen MR) is 153 cm³/mol. The van der Waals surface area contributed by atoms with Gasteiger partial charge in [0.05, 0.1) is 6.04 Å². The van der Waals surface area contributed by atoms with Crippen molar-refractivity contribution in [3.8, 4) is 0 Å². The lowest BCUT2D eigenvalue weighted by molar-refractivity contribution is 0.0666.